The minimum Gasteiger partial charge on any atom is -0.479 e. The minimum atomic E-state index is -0.130. The maximum atomic E-state index is 9.72. The van der Waals surface area contributed by atoms with E-state index in [1.807, 2.05) is 30.3 Å². The highest BCUT2D eigenvalue weighted by Crippen LogP contribution is 2.24. The van der Waals surface area contributed by atoms with E-state index in [1.54, 1.807) is 0 Å². The van der Waals surface area contributed by atoms with Gasteiger partial charge in [-0.25, -0.2) is 0 Å². The van der Waals surface area contributed by atoms with Gasteiger partial charge in [-0.15, -0.1) is 0 Å². The predicted octanol–water partition coefficient (Wildman–Crippen LogP) is 1.84. The van der Waals surface area contributed by atoms with Crippen molar-refractivity contribution in [2.45, 2.75) is 31.9 Å². The van der Waals surface area contributed by atoms with Gasteiger partial charge >= 0.3 is 0 Å². The maximum absolute atomic E-state index is 9.72. The first kappa shape index (κ1) is 13.9. The molecule has 2 atom stereocenters. The second-order valence-corrected chi connectivity index (χ2v) is 4.98. The molecule has 1 saturated carbocycles. The van der Waals surface area contributed by atoms with Crippen molar-refractivity contribution in [2.75, 3.05) is 13.2 Å². The number of hydrogen-bond donors (Lipinski definition) is 2. The van der Waals surface area contributed by atoms with E-state index in [0.717, 1.165) is 38.1 Å². The molecule has 4 heteroatoms. The summed E-state index contributed by atoms with van der Waals surface area (Å²) in [5.74, 6) is 1.12. The van der Waals surface area contributed by atoms with Crippen molar-refractivity contribution in [1.82, 2.24) is 5.32 Å². The van der Waals surface area contributed by atoms with Crippen LogP contribution < -0.4 is 10.1 Å². The molecule has 1 aromatic rings. The molecule has 0 aromatic heterocycles. The fourth-order valence-corrected chi connectivity index (χ4v) is 2.48. The summed E-state index contributed by atoms with van der Waals surface area (Å²) in [6.45, 7) is 1.74. The Bertz CT molecular complexity index is 425. The lowest BCUT2D eigenvalue weighted by atomic mass is 10.1. The van der Waals surface area contributed by atoms with Gasteiger partial charge in [0.05, 0.1) is 6.10 Å². The zero-order chi connectivity index (χ0) is 13.5. The summed E-state index contributed by atoms with van der Waals surface area (Å²) < 4.78 is 5.20. The van der Waals surface area contributed by atoms with E-state index in [1.165, 1.54) is 5.56 Å². The molecule has 19 heavy (non-hydrogen) atoms. The molecule has 0 spiro atoms. The Balaban J connectivity index is 1.72. The number of ether oxygens (including phenoxy) is 1. The van der Waals surface area contributed by atoms with Crippen molar-refractivity contribution in [3.8, 4) is 11.8 Å². The molecule has 1 aliphatic rings. The molecule has 1 aliphatic carbocycles. The standard InChI is InChI=1S/C15H20N2O2/c16-8-9-19-14-6-4-12(5-7-14)10-17-11-13-2-1-3-15(13)18/h4-7,13,15,17-18H,1-3,9-11H2. The summed E-state index contributed by atoms with van der Waals surface area (Å²) in [6.07, 6.45) is 3.07. The highest BCUT2D eigenvalue weighted by molar-refractivity contribution is 5.27. The molecular weight excluding hydrogens is 240 g/mol. The number of rotatable bonds is 6. The van der Waals surface area contributed by atoms with Gasteiger partial charge in [-0.1, -0.05) is 18.6 Å². The Hall–Kier alpha value is -1.57. The number of nitriles is 1. The van der Waals surface area contributed by atoms with Crippen LogP contribution in [0.1, 0.15) is 24.8 Å². The van der Waals surface area contributed by atoms with Crippen molar-refractivity contribution in [2.24, 2.45) is 5.92 Å². The molecule has 2 N–H and O–H groups in total. The molecule has 4 nitrogen and oxygen atoms in total. The molecule has 0 aliphatic heterocycles. The van der Waals surface area contributed by atoms with E-state index in [0.29, 0.717) is 5.92 Å². The smallest absolute Gasteiger partial charge is 0.174 e. The number of nitrogens with one attached hydrogen (secondary N) is 1. The number of benzene rings is 1. The van der Waals surface area contributed by atoms with Gasteiger partial charge < -0.3 is 15.2 Å². The van der Waals surface area contributed by atoms with E-state index in [-0.39, 0.29) is 12.7 Å². The molecule has 102 valence electrons. The van der Waals surface area contributed by atoms with Crippen LogP contribution in [0.5, 0.6) is 5.75 Å². The summed E-state index contributed by atoms with van der Waals surface area (Å²) in [5, 5.41) is 21.5. The second-order valence-electron chi connectivity index (χ2n) is 4.98. The number of nitrogens with zero attached hydrogens (tertiary/aromatic N) is 1. The first-order valence-corrected chi connectivity index (χ1v) is 6.77. The van der Waals surface area contributed by atoms with Crippen molar-refractivity contribution >= 4 is 0 Å². The van der Waals surface area contributed by atoms with E-state index in [9.17, 15) is 5.11 Å². The summed E-state index contributed by atoms with van der Waals surface area (Å²) in [6, 6.07) is 9.67. The van der Waals surface area contributed by atoms with Crippen LogP contribution in [0, 0.1) is 17.2 Å². The monoisotopic (exact) mass is 260 g/mol. The lowest BCUT2D eigenvalue weighted by Gasteiger charge is -2.15. The van der Waals surface area contributed by atoms with Gasteiger partial charge in [0.1, 0.15) is 11.8 Å². The fraction of sp³-hybridized carbons (Fsp3) is 0.533. The van der Waals surface area contributed by atoms with Gasteiger partial charge in [0, 0.05) is 13.1 Å². The van der Waals surface area contributed by atoms with Crippen LogP contribution in [0.25, 0.3) is 0 Å². The average molecular weight is 260 g/mol. The van der Waals surface area contributed by atoms with Crippen molar-refractivity contribution in [1.29, 1.82) is 5.26 Å². The molecule has 0 heterocycles. The van der Waals surface area contributed by atoms with Crippen LogP contribution in [-0.4, -0.2) is 24.4 Å². The Morgan fingerprint density at radius 3 is 2.74 bits per heavy atom. The Labute approximate surface area is 114 Å². The molecule has 0 saturated heterocycles. The summed E-state index contributed by atoms with van der Waals surface area (Å²) in [7, 11) is 0. The van der Waals surface area contributed by atoms with E-state index < -0.39 is 0 Å². The maximum Gasteiger partial charge on any atom is 0.174 e. The van der Waals surface area contributed by atoms with E-state index in [4.69, 9.17) is 10.00 Å². The molecule has 2 rings (SSSR count). The van der Waals surface area contributed by atoms with Gasteiger partial charge in [-0.3, -0.25) is 0 Å². The van der Waals surface area contributed by atoms with Crippen LogP contribution in [0.3, 0.4) is 0 Å². The third kappa shape index (κ3) is 4.23. The third-order valence-corrected chi connectivity index (χ3v) is 3.58. The average Bonchev–Trinajstić information content (AvgIpc) is 2.84. The second kappa shape index (κ2) is 7.13. The molecule has 0 amide bonds. The Kier molecular flexibility index (Phi) is 5.20. The molecular formula is C15H20N2O2. The molecule has 1 aromatic carbocycles. The topological polar surface area (TPSA) is 65.3 Å². The van der Waals surface area contributed by atoms with Crippen molar-refractivity contribution in [3.63, 3.8) is 0 Å². The van der Waals surface area contributed by atoms with E-state index in [2.05, 4.69) is 5.32 Å². The Morgan fingerprint density at radius 2 is 2.11 bits per heavy atom. The van der Waals surface area contributed by atoms with E-state index >= 15 is 0 Å². The van der Waals surface area contributed by atoms with Gasteiger partial charge in [-0.05, 0) is 36.5 Å². The van der Waals surface area contributed by atoms with Crippen molar-refractivity contribution in [3.05, 3.63) is 29.8 Å². The first-order chi connectivity index (χ1) is 9.29. The fourth-order valence-electron chi connectivity index (χ4n) is 2.48. The molecule has 0 bridgehead atoms. The summed E-state index contributed by atoms with van der Waals surface area (Å²) >= 11 is 0. The summed E-state index contributed by atoms with van der Waals surface area (Å²) in [4.78, 5) is 0. The predicted molar refractivity (Wildman–Crippen MR) is 72.6 cm³/mol. The van der Waals surface area contributed by atoms with Crippen LogP contribution in [0.2, 0.25) is 0 Å². The van der Waals surface area contributed by atoms with Gasteiger partial charge in [0.25, 0.3) is 0 Å². The summed E-state index contributed by atoms with van der Waals surface area (Å²) in [5.41, 5.74) is 1.18. The highest BCUT2D eigenvalue weighted by Gasteiger charge is 2.24. The third-order valence-electron chi connectivity index (χ3n) is 3.58. The highest BCUT2D eigenvalue weighted by atomic mass is 16.5. The van der Waals surface area contributed by atoms with Crippen molar-refractivity contribution < 1.29 is 9.84 Å². The number of aliphatic hydroxyl groups is 1. The number of aliphatic hydroxyl groups excluding tert-OH is 1. The molecule has 1 fully saturated rings. The largest absolute Gasteiger partial charge is 0.479 e. The zero-order valence-corrected chi connectivity index (χ0v) is 11.0. The lowest BCUT2D eigenvalue weighted by molar-refractivity contribution is 0.131. The van der Waals surface area contributed by atoms with Crippen LogP contribution in [0.4, 0.5) is 0 Å². The molecule has 0 radical (unpaired) electrons. The molecule has 2 unspecified atom stereocenters. The van der Waals surface area contributed by atoms with Gasteiger partial charge in [0.15, 0.2) is 6.61 Å². The van der Waals surface area contributed by atoms with Crippen LogP contribution in [-0.2, 0) is 6.54 Å². The van der Waals surface area contributed by atoms with Crippen LogP contribution in [0.15, 0.2) is 24.3 Å². The van der Waals surface area contributed by atoms with Gasteiger partial charge in [-0.2, -0.15) is 5.26 Å². The Morgan fingerprint density at radius 1 is 1.32 bits per heavy atom. The first-order valence-electron chi connectivity index (χ1n) is 6.77. The SMILES string of the molecule is N#CCOc1ccc(CNCC2CCCC2O)cc1. The van der Waals surface area contributed by atoms with Crippen LogP contribution >= 0.6 is 0 Å². The number of hydrogen-bond acceptors (Lipinski definition) is 4. The zero-order valence-electron chi connectivity index (χ0n) is 11.0. The quantitative estimate of drug-likeness (QED) is 0.819. The normalized spacial score (nSPS) is 22.1. The lowest BCUT2D eigenvalue weighted by Crippen LogP contribution is -2.27. The minimum absolute atomic E-state index is 0.0805. The van der Waals surface area contributed by atoms with Gasteiger partial charge in [0.2, 0.25) is 0 Å².